The van der Waals surface area contributed by atoms with Crippen LogP contribution in [0.3, 0.4) is 0 Å². The molecule has 22 heavy (non-hydrogen) atoms. The van der Waals surface area contributed by atoms with E-state index in [1.54, 1.807) is 0 Å². The molecule has 3 atom stereocenters. The molecule has 0 saturated heterocycles. The lowest BCUT2D eigenvalue weighted by atomic mass is 10.2. The number of amides is 2. The van der Waals surface area contributed by atoms with Crippen molar-refractivity contribution in [3.63, 3.8) is 0 Å². The van der Waals surface area contributed by atoms with E-state index in [4.69, 9.17) is 0 Å². The molecule has 124 valence electrons. The standard InChI is InChI=1S/C16H28N4OS/c1-11(10-20-13(3)8-12(2)19-20)9-17-16(21)18-14-6-5-7-15(14)22-4/h8,11,14-15H,5-7,9-10H2,1-4H3,(H2,17,18,21)/t11-,14+,15-/m1/s1. The molecule has 0 aliphatic heterocycles. The first-order chi connectivity index (χ1) is 10.5. The Morgan fingerprint density at radius 2 is 2.27 bits per heavy atom. The van der Waals surface area contributed by atoms with E-state index in [2.05, 4.69) is 41.9 Å². The third-order valence-corrected chi connectivity index (χ3v) is 5.44. The topological polar surface area (TPSA) is 59.0 Å². The normalized spacial score (nSPS) is 22.5. The monoisotopic (exact) mass is 324 g/mol. The molecule has 2 N–H and O–H groups in total. The second-order valence-corrected chi connectivity index (χ2v) is 7.46. The van der Waals surface area contributed by atoms with Crippen molar-refractivity contribution in [1.29, 1.82) is 0 Å². The molecule has 0 bridgehead atoms. The molecule has 2 rings (SSSR count). The van der Waals surface area contributed by atoms with Crippen molar-refractivity contribution < 1.29 is 4.79 Å². The highest BCUT2D eigenvalue weighted by Gasteiger charge is 2.27. The Kier molecular flexibility index (Phi) is 6.17. The van der Waals surface area contributed by atoms with Gasteiger partial charge in [-0.3, -0.25) is 4.68 Å². The number of carbonyl (C=O) groups is 1. The summed E-state index contributed by atoms with van der Waals surface area (Å²) in [5.41, 5.74) is 2.21. The number of urea groups is 1. The molecule has 0 aromatic carbocycles. The average Bonchev–Trinajstić information content (AvgIpc) is 3.03. The van der Waals surface area contributed by atoms with Crippen LogP contribution in [0.25, 0.3) is 0 Å². The van der Waals surface area contributed by atoms with Gasteiger partial charge in [-0.05, 0) is 44.9 Å². The van der Waals surface area contributed by atoms with Gasteiger partial charge in [-0.25, -0.2) is 4.79 Å². The maximum absolute atomic E-state index is 12.0. The summed E-state index contributed by atoms with van der Waals surface area (Å²) < 4.78 is 2.01. The van der Waals surface area contributed by atoms with Crippen molar-refractivity contribution >= 4 is 17.8 Å². The summed E-state index contributed by atoms with van der Waals surface area (Å²) in [6.07, 6.45) is 5.64. The fourth-order valence-electron chi connectivity index (χ4n) is 3.08. The number of hydrogen-bond acceptors (Lipinski definition) is 3. The zero-order valence-corrected chi connectivity index (χ0v) is 14.9. The van der Waals surface area contributed by atoms with Gasteiger partial charge in [0.05, 0.1) is 5.69 Å². The summed E-state index contributed by atoms with van der Waals surface area (Å²) in [4.78, 5) is 12.0. The minimum atomic E-state index is -0.0360. The minimum Gasteiger partial charge on any atom is -0.338 e. The Morgan fingerprint density at radius 3 is 2.91 bits per heavy atom. The maximum atomic E-state index is 12.0. The quantitative estimate of drug-likeness (QED) is 0.846. The molecule has 6 heteroatoms. The molecule has 5 nitrogen and oxygen atoms in total. The van der Waals surface area contributed by atoms with Crippen LogP contribution in [0.5, 0.6) is 0 Å². The lowest BCUT2D eigenvalue weighted by molar-refractivity contribution is 0.235. The van der Waals surface area contributed by atoms with Crippen LogP contribution in [-0.2, 0) is 6.54 Å². The second-order valence-electron chi connectivity index (χ2n) is 6.38. The van der Waals surface area contributed by atoms with Gasteiger partial charge in [0, 0.05) is 30.1 Å². The molecule has 1 aliphatic rings. The average molecular weight is 324 g/mol. The summed E-state index contributed by atoms with van der Waals surface area (Å²) in [5.74, 6) is 0.351. The fraction of sp³-hybridized carbons (Fsp3) is 0.750. The Labute approximate surface area is 137 Å². The third-order valence-electron chi connectivity index (χ3n) is 4.27. The third kappa shape index (κ3) is 4.66. The maximum Gasteiger partial charge on any atom is 0.315 e. The van der Waals surface area contributed by atoms with E-state index in [1.165, 1.54) is 18.5 Å². The van der Waals surface area contributed by atoms with Crippen LogP contribution in [-0.4, -0.2) is 39.9 Å². The van der Waals surface area contributed by atoms with Crippen LogP contribution in [0, 0.1) is 19.8 Å². The van der Waals surface area contributed by atoms with Crippen LogP contribution in [0.2, 0.25) is 0 Å². The number of thioether (sulfide) groups is 1. The molecule has 1 aliphatic carbocycles. The molecule has 0 spiro atoms. The first-order valence-electron chi connectivity index (χ1n) is 8.07. The van der Waals surface area contributed by atoms with Gasteiger partial charge in [-0.1, -0.05) is 13.3 Å². The van der Waals surface area contributed by atoms with Crippen LogP contribution in [0.15, 0.2) is 6.07 Å². The smallest absolute Gasteiger partial charge is 0.315 e. The van der Waals surface area contributed by atoms with Gasteiger partial charge >= 0.3 is 6.03 Å². The van der Waals surface area contributed by atoms with Crippen molar-refractivity contribution in [3.8, 4) is 0 Å². The fourth-order valence-corrected chi connectivity index (χ4v) is 4.01. The van der Waals surface area contributed by atoms with Crippen LogP contribution >= 0.6 is 11.8 Å². The van der Waals surface area contributed by atoms with Crippen molar-refractivity contribution in [2.24, 2.45) is 5.92 Å². The Balaban J connectivity index is 1.72. The number of aromatic nitrogens is 2. The van der Waals surface area contributed by atoms with Crippen LogP contribution < -0.4 is 10.6 Å². The Morgan fingerprint density at radius 1 is 1.50 bits per heavy atom. The van der Waals surface area contributed by atoms with Crippen LogP contribution in [0.1, 0.15) is 37.6 Å². The Bertz CT molecular complexity index is 502. The van der Waals surface area contributed by atoms with E-state index in [9.17, 15) is 4.79 Å². The molecule has 0 unspecified atom stereocenters. The first kappa shape index (κ1) is 17.2. The van der Waals surface area contributed by atoms with Gasteiger partial charge < -0.3 is 10.6 Å². The van der Waals surface area contributed by atoms with Crippen molar-refractivity contribution in [3.05, 3.63) is 17.5 Å². The molecule has 0 radical (unpaired) electrons. The lowest BCUT2D eigenvalue weighted by Gasteiger charge is -2.20. The number of nitrogens with zero attached hydrogens (tertiary/aromatic N) is 2. The summed E-state index contributed by atoms with van der Waals surface area (Å²) >= 11 is 1.86. The molecule has 2 amide bonds. The summed E-state index contributed by atoms with van der Waals surface area (Å²) in [6, 6.07) is 2.36. The molecular formula is C16H28N4OS. The highest BCUT2D eigenvalue weighted by Crippen LogP contribution is 2.28. The van der Waals surface area contributed by atoms with Crippen LogP contribution in [0.4, 0.5) is 4.79 Å². The zero-order valence-electron chi connectivity index (χ0n) is 14.1. The van der Waals surface area contributed by atoms with Gasteiger partial charge in [0.15, 0.2) is 0 Å². The zero-order chi connectivity index (χ0) is 16.1. The molecule has 1 aromatic heterocycles. The number of rotatable bonds is 6. The molecule has 1 saturated carbocycles. The molecular weight excluding hydrogens is 296 g/mol. The second kappa shape index (κ2) is 7.90. The van der Waals surface area contributed by atoms with Gasteiger partial charge in [0.1, 0.15) is 0 Å². The van der Waals surface area contributed by atoms with Gasteiger partial charge in [-0.2, -0.15) is 16.9 Å². The molecule has 1 fully saturated rings. The minimum absolute atomic E-state index is 0.0360. The van der Waals surface area contributed by atoms with E-state index in [-0.39, 0.29) is 6.03 Å². The number of aryl methyl sites for hydroxylation is 2. The van der Waals surface area contributed by atoms with E-state index in [1.807, 2.05) is 23.4 Å². The lowest BCUT2D eigenvalue weighted by Crippen LogP contribution is -2.45. The van der Waals surface area contributed by atoms with E-state index in [0.29, 0.717) is 23.8 Å². The van der Waals surface area contributed by atoms with Gasteiger partial charge in [0.25, 0.3) is 0 Å². The predicted octanol–water partition coefficient (Wildman–Crippen LogP) is 2.72. The number of hydrogen-bond donors (Lipinski definition) is 2. The molecule has 1 aromatic rings. The summed E-state index contributed by atoms with van der Waals surface area (Å²) in [7, 11) is 0. The van der Waals surface area contributed by atoms with E-state index in [0.717, 1.165) is 18.7 Å². The summed E-state index contributed by atoms with van der Waals surface area (Å²) in [5, 5.41) is 11.2. The predicted molar refractivity (Wildman–Crippen MR) is 92.3 cm³/mol. The SMILES string of the molecule is CS[C@@H]1CCC[C@@H]1NC(=O)NC[C@@H](C)Cn1nc(C)cc1C. The first-order valence-corrected chi connectivity index (χ1v) is 9.36. The van der Waals surface area contributed by atoms with E-state index < -0.39 is 0 Å². The van der Waals surface area contributed by atoms with Gasteiger partial charge in [0.2, 0.25) is 0 Å². The largest absolute Gasteiger partial charge is 0.338 e. The Hall–Kier alpha value is -1.17. The van der Waals surface area contributed by atoms with E-state index >= 15 is 0 Å². The number of carbonyl (C=O) groups excluding carboxylic acids is 1. The summed E-state index contributed by atoms with van der Waals surface area (Å²) in [6.45, 7) is 7.70. The highest BCUT2D eigenvalue weighted by molar-refractivity contribution is 7.99. The van der Waals surface area contributed by atoms with Crippen molar-refractivity contribution in [2.45, 2.75) is 57.9 Å². The van der Waals surface area contributed by atoms with Crippen molar-refractivity contribution in [1.82, 2.24) is 20.4 Å². The van der Waals surface area contributed by atoms with Gasteiger partial charge in [-0.15, -0.1) is 0 Å². The van der Waals surface area contributed by atoms with Crippen molar-refractivity contribution in [2.75, 3.05) is 12.8 Å². The molecule has 1 heterocycles. The highest BCUT2D eigenvalue weighted by atomic mass is 32.2. The number of nitrogens with one attached hydrogen (secondary N) is 2.